The Labute approximate surface area is 102 Å². The topological polar surface area (TPSA) is 66.9 Å². The van der Waals surface area contributed by atoms with E-state index in [9.17, 15) is 4.79 Å². The second-order valence-corrected chi connectivity index (χ2v) is 4.39. The molecular weight excluding hydrogens is 216 g/mol. The number of nitrogens with zero attached hydrogens (tertiary/aromatic N) is 2. The van der Waals surface area contributed by atoms with Gasteiger partial charge in [-0.05, 0) is 39.3 Å². The first kappa shape index (κ1) is 13.4. The van der Waals surface area contributed by atoms with Crippen LogP contribution in [0.15, 0.2) is 12.1 Å². The molecule has 1 aromatic heterocycles. The molecule has 2 N–H and O–H groups in total. The molecule has 0 radical (unpaired) electrons. The SMILES string of the molecule is CCC(C)Nc1ccc(C(=O)NC(C)C)nn1. The van der Waals surface area contributed by atoms with E-state index in [1.807, 2.05) is 13.8 Å². The number of carbonyl (C=O) groups is 1. The Kier molecular flexibility index (Phi) is 4.87. The molecule has 0 aliphatic rings. The van der Waals surface area contributed by atoms with Gasteiger partial charge in [0.1, 0.15) is 5.82 Å². The highest BCUT2D eigenvalue weighted by Crippen LogP contribution is 2.05. The van der Waals surface area contributed by atoms with Crippen LogP contribution in [0.2, 0.25) is 0 Å². The molecule has 0 aromatic carbocycles. The smallest absolute Gasteiger partial charge is 0.271 e. The van der Waals surface area contributed by atoms with Crippen molar-refractivity contribution >= 4 is 11.7 Å². The number of hydrogen-bond acceptors (Lipinski definition) is 4. The minimum atomic E-state index is -0.192. The summed E-state index contributed by atoms with van der Waals surface area (Å²) in [6.45, 7) is 7.98. The lowest BCUT2D eigenvalue weighted by molar-refractivity contribution is 0.0937. The van der Waals surface area contributed by atoms with E-state index in [-0.39, 0.29) is 11.9 Å². The largest absolute Gasteiger partial charge is 0.366 e. The van der Waals surface area contributed by atoms with E-state index in [1.54, 1.807) is 12.1 Å². The fourth-order valence-electron chi connectivity index (χ4n) is 1.22. The van der Waals surface area contributed by atoms with Gasteiger partial charge in [-0.3, -0.25) is 4.79 Å². The van der Waals surface area contributed by atoms with E-state index in [2.05, 4.69) is 34.7 Å². The van der Waals surface area contributed by atoms with Crippen molar-refractivity contribution in [3.63, 3.8) is 0 Å². The van der Waals surface area contributed by atoms with Gasteiger partial charge in [0.2, 0.25) is 0 Å². The van der Waals surface area contributed by atoms with Crippen LogP contribution in [0.5, 0.6) is 0 Å². The fraction of sp³-hybridized carbons (Fsp3) is 0.583. The van der Waals surface area contributed by atoms with Gasteiger partial charge in [-0.1, -0.05) is 6.92 Å². The second kappa shape index (κ2) is 6.18. The van der Waals surface area contributed by atoms with Crippen molar-refractivity contribution in [2.24, 2.45) is 0 Å². The van der Waals surface area contributed by atoms with Crippen LogP contribution in [-0.4, -0.2) is 28.2 Å². The fourth-order valence-corrected chi connectivity index (χ4v) is 1.22. The summed E-state index contributed by atoms with van der Waals surface area (Å²) in [5.41, 5.74) is 0.341. The molecule has 0 aliphatic carbocycles. The standard InChI is InChI=1S/C12H20N4O/c1-5-9(4)14-11-7-6-10(15-16-11)12(17)13-8(2)3/h6-9H,5H2,1-4H3,(H,13,17)(H,14,16). The van der Waals surface area contributed by atoms with Crippen LogP contribution in [0.1, 0.15) is 44.6 Å². The van der Waals surface area contributed by atoms with Crippen LogP contribution in [0.25, 0.3) is 0 Å². The molecule has 1 unspecified atom stereocenters. The van der Waals surface area contributed by atoms with Crippen molar-refractivity contribution < 1.29 is 4.79 Å². The zero-order valence-electron chi connectivity index (χ0n) is 10.8. The average Bonchev–Trinajstić information content (AvgIpc) is 2.28. The molecule has 1 aromatic rings. The molecule has 0 saturated carbocycles. The Morgan fingerprint density at radius 2 is 2.00 bits per heavy atom. The maximum absolute atomic E-state index is 11.6. The summed E-state index contributed by atoms with van der Waals surface area (Å²) in [6.07, 6.45) is 1.01. The van der Waals surface area contributed by atoms with Gasteiger partial charge >= 0.3 is 0 Å². The summed E-state index contributed by atoms with van der Waals surface area (Å²) in [5.74, 6) is 0.503. The van der Waals surface area contributed by atoms with Crippen molar-refractivity contribution in [3.8, 4) is 0 Å². The van der Waals surface area contributed by atoms with Crippen LogP contribution < -0.4 is 10.6 Å². The van der Waals surface area contributed by atoms with Gasteiger partial charge in [0.25, 0.3) is 5.91 Å². The van der Waals surface area contributed by atoms with Crippen LogP contribution in [0.3, 0.4) is 0 Å². The van der Waals surface area contributed by atoms with Gasteiger partial charge in [-0.2, -0.15) is 0 Å². The third kappa shape index (κ3) is 4.38. The van der Waals surface area contributed by atoms with Crippen LogP contribution in [-0.2, 0) is 0 Å². The first-order valence-electron chi connectivity index (χ1n) is 5.94. The van der Waals surface area contributed by atoms with Crippen LogP contribution in [0, 0.1) is 0 Å². The van der Waals surface area contributed by atoms with Crippen LogP contribution >= 0.6 is 0 Å². The molecule has 5 nitrogen and oxygen atoms in total. The zero-order valence-corrected chi connectivity index (χ0v) is 10.8. The lowest BCUT2D eigenvalue weighted by atomic mass is 10.2. The highest BCUT2D eigenvalue weighted by Gasteiger charge is 2.09. The molecule has 0 fully saturated rings. The van der Waals surface area contributed by atoms with Crippen molar-refractivity contribution in [2.45, 2.75) is 46.2 Å². The molecule has 0 aliphatic heterocycles. The van der Waals surface area contributed by atoms with Crippen molar-refractivity contribution in [3.05, 3.63) is 17.8 Å². The molecule has 0 saturated heterocycles. The summed E-state index contributed by atoms with van der Waals surface area (Å²) in [7, 11) is 0. The Balaban J connectivity index is 2.64. The molecule has 1 heterocycles. The maximum atomic E-state index is 11.6. The molecule has 17 heavy (non-hydrogen) atoms. The number of hydrogen-bond donors (Lipinski definition) is 2. The molecule has 0 spiro atoms. The monoisotopic (exact) mass is 236 g/mol. The molecule has 1 amide bonds. The van der Waals surface area contributed by atoms with Crippen molar-refractivity contribution in [2.75, 3.05) is 5.32 Å². The number of carbonyl (C=O) groups excluding carboxylic acids is 1. The average molecular weight is 236 g/mol. The number of nitrogens with one attached hydrogen (secondary N) is 2. The lowest BCUT2D eigenvalue weighted by Crippen LogP contribution is -2.31. The van der Waals surface area contributed by atoms with E-state index in [1.165, 1.54) is 0 Å². The predicted molar refractivity (Wildman–Crippen MR) is 68.0 cm³/mol. The Bertz CT molecular complexity index is 361. The van der Waals surface area contributed by atoms with Gasteiger partial charge in [0.05, 0.1) is 0 Å². The highest BCUT2D eigenvalue weighted by atomic mass is 16.1. The highest BCUT2D eigenvalue weighted by molar-refractivity contribution is 5.92. The minimum absolute atomic E-state index is 0.0993. The normalized spacial score (nSPS) is 12.3. The summed E-state index contributed by atoms with van der Waals surface area (Å²) >= 11 is 0. The third-order valence-electron chi connectivity index (χ3n) is 2.32. The summed E-state index contributed by atoms with van der Waals surface area (Å²) < 4.78 is 0. The van der Waals surface area contributed by atoms with Gasteiger partial charge in [0.15, 0.2) is 5.69 Å². The molecular formula is C12H20N4O. The lowest BCUT2D eigenvalue weighted by Gasteiger charge is -2.11. The van der Waals surface area contributed by atoms with E-state index >= 15 is 0 Å². The molecule has 5 heteroatoms. The van der Waals surface area contributed by atoms with Gasteiger partial charge in [0, 0.05) is 12.1 Å². The predicted octanol–water partition coefficient (Wildman–Crippen LogP) is 1.83. The van der Waals surface area contributed by atoms with Gasteiger partial charge in [-0.25, -0.2) is 0 Å². The second-order valence-electron chi connectivity index (χ2n) is 4.39. The first-order valence-corrected chi connectivity index (χ1v) is 5.94. The third-order valence-corrected chi connectivity index (χ3v) is 2.32. The number of anilines is 1. The van der Waals surface area contributed by atoms with E-state index in [0.29, 0.717) is 17.6 Å². The minimum Gasteiger partial charge on any atom is -0.366 e. The maximum Gasteiger partial charge on any atom is 0.271 e. The Morgan fingerprint density at radius 1 is 1.29 bits per heavy atom. The van der Waals surface area contributed by atoms with Gasteiger partial charge in [-0.15, -0.1) is 10.2 Å². The zero-order chi connectivity index (χ0) is 12.8. The summed E-state index contributed by atoms with van der Waals surface area (Å²) in [4.78, 5) is 11.6. The molecule has 1 rings (SSSR count). The van der Waals surface area contributed by atoms with Crippen LogP contribution in [0.4, 0.5) is 5.82 Å². The summed E-state index contributed by atoms with van der Waals surface area (Å²) in [6, 6.07) is 3.89. The first-order chi connectivity index (χ1) is 8.02. The quantitative estimate of drug-likeness (QED) is 0.818. The number of amides is 1. The van der Waals surface area contributed by atoms with E-state index < -0.39 is 0 Å². The molecule has 1 atom stereocenters. The Hall–Kier alpha value is -1.65. The molecule has 0 bridgehead atoms. The summed E-state index contributed by atoms with van der Waals surface area (Å²) in [5, 5.41) is 13.8. The van der Waals surface area contributed by atoms with E-state index in [4.69, 9.17) is 0 Å². The van der Waals surface area contributed by atoms with Gasteiger partial charge < -0.3 is 10.6 Å². The van der Waals surface area contributed by atoms with Crippen molar-refractivity contribution in [1.82, 2.24) is 15.5 Å². The van der Waals surface area contributed by atoms with Crippen molar-refractivity contribution in [1.29, 1.82) is 0 Å². The van der Waals surface area contributed by atoms with E-state index in [0.717, 1.165) is 6.42 Å². The number of aromatic nitrogens is 2. The molecule has 94 valence electrons. The number of rotatable bonds is 5. The Morgan fingerprint density at radius 3 is 2.47 bits per heavy atom.